The molecule has 1 aromatic heterocycles. The average Bonchev–Trinajstić information content (AvgIpc) is 3.39. The van der Waals surface area contributed by atoms with Crippen LogP contribution in [0.1, 0.15) is 28.4 Å². The molecule has 2 heterocycles. The van der Waals surface area contributed by atoms with E-state index in [9.17, 15) is 14.7 Å². The van der Waals surface area contributed by atoms with Crippen LogP contribution in [-0.2, 0) is 0 Å². The number of primary amides is 1. The second-order valence-corrected chi connectivity index (χ2v) is 9.26. The number of likely N-dealkylation sites (N-methyl/N-ethyl adjacent to an activating group) is 1. The van der Waals surface area contributed by atoms with E-state index in [1.54, 1.807) is 6.07 Å². The number of aliphatic hydroxyl groups excluding tert-OH is 1. The molecule has 2 atom stereocenters. The lowest BCUT2D eigenvalue weighted by atomic mass is 10.1. The highest BCUT2D eigenvalue weighted by atomic mass is 16.3. The van der Waals surface area contributed by atoms with E-state index in [-0.39, 0.29) is 18.2 Å². The second kappa shape index (κ2) is 11.7. The third-order valence-corrected chi connectivity index (χ3v) is 6.45. The summed E-state index contributed by atoms with van der Waals surface area (Å²) in [7, 11) is 4.05. The zero-order chi connectivity index (χ0) is 26.4. The molecule has 2 aromatic carbocycles. The molecule has 2 unspecified atom stereocenters. The van der Waals surface area contributed by atoms with Crippen LogP contribution in [0.5, 0.6) is 0 Å². The predicted molar refractivity (Wildman–Crippen MR) is 145 cm³/mol. The Hall–Kier alpha value is -4.15. The van der Waals surface area contributed by atoms with Gasteiger partial charge in [-0.05, 0) is 44.3 Å². The molecule has 1 aliphatic rings. The molecular formula is C27H33N7O3. The first-order chi connectivity index (χ1) is 17.8. The van der Waals surface area contributed by atoms with Crippen molar-refractivity contribution in [1.82, 2.24) is 14.8 Å². The fraction of sp³-hybridized carbons (Fsp3) is 0.296. The zero-order valence-corrected chi connectivity index (χ0v) is 21.0. The number of nitrogens with zero attached hydrogens (tertiary/aromatic N) is 3. The number of aliphatic hydroxyl groups is 1. The number of hydrogen-bond acceptors (Lipinski definition) is 7. The average molecular weight is 504 g/mol. The topological polar surface area (TPSA) is 136 Å². The Morgan fingerprint density at radius 2 is 1.89 bits per heavy atom. The number of nitrogens with one attached hydrogen (secondary N) is 3. The molecule has 10 heteroatoms. The molecule has 3 amide bonds. The van der Waals surface area contributed by atoms with Gasteiger partial charge in [0.15, 0.2) is 0 Å². The van der Waals surface area contributed by atoms with E-state index in [1.807, 2.05) is 73.6 Å². The Balaban J connectivity index is 1.48. The molecular weight excluding hydrogens is 470 g/mol. The van der Waals surface area contributed by atoms with Gasteiger partial charge in [-0.1, -0.05) is 36.4 Å². The standard InChI is InChI=1S/C27H33N7O3/c1-33(2)21-11-12-34(16-21)27(37)31-20-10-6-9-19(13-20)30-25-14-23(22(15-29-25)26(28)36)32-24(17-35)18-7-4-3-5-8-18/h3-10,13-15,21,24,35H,11-12,16-17H2,1-2H3,(H2,28,36)(H,31,37)(H2,29,30,32). The van der Waals surface area contributed by atoms with Gasteiger partial charge in [0, 0.05) is 42.8 Å². The first kappa shape index (κ1) is 25.9. The zero-order valence-electron chi connectivity index (χ0n) is 21.0. The Kier molecular flexibility index (Phi) is 8.22. The summed E-state index contributed by atoms with van der Waals surface area (Å²) in [6, 6.07) is 18.2. The van der Waals surface area contributed by atoms with Gasteiger partial charge in [0.1, 0.15) is 5.82 Å². The van der Waals surface area contributed by atoms with Crippen LogP contribution in [0, 0.1) is 0 Å². The van der Waals surface area contributed by atoms with Crippen LogP contribution >= 0.6 is 0 Å². The van der Waals surface area contributed by atoms with Gasteiger partial charge in [-0.3, -0.25) is 4.79 Å². The van der Waals surface area contributed by atoms with Crippen LogP contribution in [0.25, 0.3) is 0 Å². The molecule has 0 saturated carbocycles. The maximum Gasteiger partial charge on any atom is 0.321 e. The van der Waals surface area contributed by atoms with E-state index in [0.717, 1.165) is 18.5 Å². The van der Waals surface area contributed by atoms with Crippen molar-refractivity contribution in [2.24, 2.45) is 5.73 Å². The van der Waals surface area contributed by atoms with Gasteiger partial charge < -0.3 is 36.6 Å². The highest BCUT2D eigenvalue weighted by molar-refractivity contribution is 5.98. The van der Waals surface area contributed by atoms with E-state index in [2.05, 4.69) is 25.8 Å². The number of hydrogen-bond donors (Lipinski definition) is 5. The first-order valence-electron chi connectivity index (χ1n) is 12.2. The molecule has 0 spiro atoms. The molecule has 6 N–H and O–H groups in total. The maximum atomic E-state index is 12.7. The summed E-state index contributed by atoms with van der Waals surface area (Å²) in [5.74, 6) is -0.163. The normalized spacial score (nSPS) is 15.9. The monoisotopic (exact) mass is 503 g/mol. The minimum absolute atomic E-state index is 0.132. The molecule has 4 rings (SSSR count). The Bertz CT molecular complexity index is 1240. The Morgan fingerprint density at radius 3 is 2.57 bits per heavy atom. The number of rotatable bonds is 9. The number of pyridine rings is 1. The lowest BCUT2D eigenvalue weighted by Gasteiger charge is -2.21. The molecule has 194 valence electrons. The number of likely N-dealkylation sites (tertiary alicyclic amines) is 1. The van der Waals surface area contributed by atoms with E-state index in [4.69, 9.17) is 5.73 Å². The first-order valence-corrected chi connectivity index (χ1v) is 12.2. The quantitative estimate of drug-likeness (QED) is 0.302. The second-order valence-electron chi connectivity index (χ2n) is 9.26. The summed E-state index contributed by atoms with van der Waals surface area (Å²) in [5, 5.41) is 19.3. The number of anilines is 4. The van der Waals surface area contributed by atoms with E-state index in [1.165, 1.54) is 6.20 Å². The van der Waals surface area contributed by atoms with Gasteiger partial charge in [0.25, 0.3) is 5.91 Å². The molecule has 1 saturated heterocycles. The van der Waals surface area contributed by atoms with E-state index in [0.29, 0.717) is 35.5 Å². The van der Waals surface area contributed by atoms with Crippen molar-refractivity contribution < 1.29 is 14.7 Å². The fourth-order valence-electron chi connectivity index (χ4n) is 4.32. The summed E-state index contributed by atoms with van der Waals surface area (Å²) in [5.41, 5.74) is 8.45. The van der Waals surface area contributed by atoms with Crippen LogP contribution in [-0.4, -0.2) is 71.7 Å². The molecule has 10 nitrogen and oxygen atoms in total. The number of benzene rings is 2. The van der Waals surface area contributed by atoms with Crippen LogP contribution < -0.4 is 21.7 Å². The largest absolute Gasteiger partial charge is 0.394 e. The van der Waals surface area contributed by atoms with Gasteiger partial charge in [-0.2, -0.15) is 0 Å². The fourth-order valence-corrected chi connectivity index (χ4v) is 4.32. The lowest BCUT2D eigenvalue weighted by Crippen LogP contribution is -2.36. The van der Waals surface area contributed by atoms with Crippen molar-refractivity contribution in [3.05, 3.63) is 78.0 Å². The summed E-state index contributed by atoms with van der Waals surface area (Å²) in [4.78, 5) is 33.0. The summed E-state index contributed by atoms with van der Waals surface area (Å²) >= 11 is 0. The number of amides is 3. The van der Waals surface area contributed by atoms with Gasteiger partial charge >= 0.3 is 6.03 Å². The smallest absolute Gasteiger partial charge is 0.321 e. The number of carbonyl (C=O) groups excluding carboxylic acids is 2. The molecule has 1 fully saturated rings. The SMILES string of the molecule is CN(C)C1CCN(C(=O)Nc2cccc(Nc3cc(NC(CO)c4ccccc4)c(C(N)=O)cn3)c2)C1. The summed E-state index contributed by atoms with van der Waals surface area (Å²) < 4.78 is 0. The summed E-state index contributed by atoms with van der Waals surface area (Å²) in [6.07, 6.45) is 2.35. The van der Waals surface area contributed by atoms with Crippen molar-refractivity contribution in [2.75, 3.05) is 49.7 Å². The highest BCUT2D eigenvalue weighted by Crippen LogP contribution is 2.27. The van der Waals surface area contributed by atoms with E-state index < -0.39 is 11.9 Å². The molecule has 0 aliphatic carbocycles. The third-order valence-electron chi connectivity index (χ3n) is 6.45. The number of carbonyl (C=O) groups is 2. The van der Waals surface area contributed by atoms with Gasteiger partial charge in [-0.15, -0.1) is 0 Å². The maximum absolute atomic E-state index is 12.7. The minimum Gasteiger partial charge on any atom is -0.394 e. The van der Waals surface area contributed by atoms with Gasteiger partial charge in [0.05, 0.1) is 23.9 Å². The Morgan fingerprint density at radius 1 is 1.14 bits per heavy atom. The summed E-state index contributed by atoms with van der Waals surface area (Å²) in [6.45, 7) is 1.23. The van der Waals surface area contributed by atoms with Crippen molar-refractivity contribution in [1.29, 1.82) is 0 Å². The molecule has 1 aliphatic heterocycles. The number of aromatic nitrogens is 1. The molecule has 0 radical (unpaired) electrons. The molecule has 37 heavy (non-hydrogen) atoms. The van der Waals surface area contributed by atoms with Crippen molar-refractivity contribution in [3.63, 3.8) is 0 Å². The minimum atomic E-state index is -0.630. The highest BCUT2D eigenvalue weighted by Gasteiger charge is 2.27. The van der Waals surface area contributed by atoms with Gasteiger partial charge in [-0.25, -0.2) is 9.78 Å². The van der Waals surface area contributed by atoms with Crippen LogP contribution in [0.4, 0.5) is 27.7 Å². The van der Waals surface area contributed by atoms with Crippen LogP contribution in [0.2, 0.25) is 0 Å². The molecule has 3 aromatic rings. The Labute approximate surface area is 216 Å². The van der Waals surface area contributed by atoms with Gasteiger partial charge in [0.2, 0.25) is 0 Å². The number of nitrogens with two attached hydrogens (primary N) is 1. The number of urea groups is 1. The van der Waals surface area contributed by atoms with Crippen molar-refractivity contribution >= 4 is 34.8 Å². The van der Waals surface area contributed by atoms with E-state index >= 15 is 0 Å². The van der Waals surface area contributed by atoms with Crippen molar-refractivity contribution in [3.8, 4) is 0 Å². The van der Waals surface area contributed by atoms with Crippen molar-refractivity contribution in [2.45, 2.75) is 18.5 Å². The predicted octanol–water partition coefficient (Wildman–Crippen LogP) is 3.24. The lowest BCUT2D eigenvalue weighted by molar-refractivity contribution is 0.100. The van der Waals surface area contributed by atoms with Crippen LogP contribution in [0.3, 0.4) is 0 Å². The molecule has 0 bridgehead atoms. The third kappa shape index (κ3) is 6.54. The van der Waals surface area contributed by atoms with Crippen LogP contribution in [0.15, 0.2) is 66.9 Å².